The molecule has 1 aromatic rings. The summed E-state index contributed by atoms with van der Waals surface area (Å²) >= 11 is 0. The number of carbonyl (C=O) groups is 1. The Hall–Kier alpha value is -1.38. The molecule has 0 aliphatic heterocycles. The molecule has 0 atom stereocenters. The summed E-state index contributed by atoms with van der Waals surface area (Å²) in [6.45, 7) is 9.62. The van der Waals surface area contributed by atoms with Crippen LogP contribution >= 0.6 is 0 Å². The van der Waals surface area contributed by atoms with E-state index in [4.69, 9.17) is 0 Å². The summed E-state index contributed by atoms with van der Waals surface area (Å²) in [7, 11) is 0. The Morgan fingerprint density at radius 1 is 1.33 bits per heavy atom. The van der Waals surface area contributed by atoms with Crippen LogP contribution in [0.25, 0.3) is 0 Å². The second kappa shape index (κ2) is 6.17. The van der Waals surface area contributed by atoms with Crippen molar-refractivity contribution in [2.24, 2.45) is 5.41 Å². The summed E-state index contributed by atoms with van der Waals surface area (Å²) in [4.78, 5) is 15.4. The SMILES string of the molecule is CC.CC(C)(C)C(=O)Nc1cccnc1. The third kappa shape index (κ3) is 5.15. The smallest absolute Gasteiger partial charge is 0.229 e. The van der Waals surface area contributed by atoms with Crippen LogP contribution < -0.4 is 5.32 Å². The number of aromatic nitrogens is 1. The molecule has 0 aromatic carbocycles. The van der Waals surface area contributed by atoms with Crippen molar-refractivity contribution in [2.45, 2.75) is 34.6 Å². The summed E-state index contributed by atoms with van der Waals surface area (Å²) < 4.78 is 0. The molecular formula is C12H20N2O. The molecule has 0 saturated heterocycles. The number of hydrogen-bond donors (Lipinski definition) is 1. The van der Waals surface area contributed by atoms with E-state index in [0.717, 1.165) is 5.69 Å². The van der Waals surface area contributed by atoms with Crippen molar-refractivity contribution in [1.82, 2.24) is 4.98 Å². The normalized spacial score (nSPS) is 9.93. The summed E-state index contributed by atoms with van der Waals surface area (Å²) in [6.07, 6.45) is 3.30. The predicted molar refractivity (Wildman–Crippen MR) is 63.7 cm³/mol. The van der Waals surface area contributed by atoms with Crippen LogP contribution in [0.15, 0.2) is 24.5 Å². The fraction of sp³-hybridized carbons (Fsp3) is 0.500. The molecule has 0 radical (unpaired) electrons. The number of amides is 1. The molecule has 0 spiro atoms. The largest absolute Gasteiger partial charge is 0.324 e. The van der Waals surface area contributed by atoms with Crippen molar-refractivity contribution in [3.05, 3.63) is 24.5 Å². The molecule has 0 aliphatic rings. The molecular weight excluding hydrogens is 188 g/mol. The van der Waals surface area contributed by atoms with Gasteiger partial charge in [-0.3, -0.25) is 9.78 Å². The van der Waals surface area contributed by atoms with Gasteiger partial charge in [0.2, 0.25) is 5.91 Å². The highest BCUT2D eigenvalue weighted by Gasteiger charge is 2.20. The van der Waals surface area contributed by atoms with Crippen molar-refractivity contribution in [3.8, 4) is 0 Å². The van der Waals surface area contributed by atoms with Crippen LogP contribution in [-0.2, 0) is 4.79 Å². The van der Waals surface area contributed by atoms with Crippen molar-refractivity contribution in [3.63, 3.8) is 0 Å². The average Bonchev–Trinajstić information content (AvgIpc) is 2.21. The molecule has 1 aromatic heterocycles. The van der Waals surface area contributed by atoms with Gasteiger partial charge in [-0.05, 0) is 12.1 Å². The minimum atomic E-state index is -0.365. The molecule has 3 nitrogen and oxygen atoms in total. The van der Waals surface area contributed by atoms with Gasteiger partial charge in [-0.25, -0.2) is 0 Å². The molecule has 1 N–H and O–H groups in total. The third-order valence-corrected chi connectivity index (χ3v) is 1.60. The van der Waals surface area contributed by atoms with Crippen LogP contribution in [0.1, 0.15) is 34.6 Å². The van der Waals surface area contributed by atoms with Crippen molar-refractivity contribution >= 4 is 11.6 Å². The van der Waals surface area contributed by atoms with Gasteiger partial charge >= 0.3 is 0 Å². The molecule has 84 valence electrons. The summed E-state index contributed by atoms with van der Waals surface area (Å²) in [6, 6.07) is 3.61. The van der Waals surface area contributed by atoms with E-state index < -0.39 is 0 Å². The van der Waals surface area contributed by atoms with E-state index in [2.05, 4.69) is 10.3 Å². The molecule has 0 saturated carbocycles. The van der Waals surface area contributed by atoms with Crippen LogP contribution in [0.3, 0.4) is 0 Å². The molecule has 0 unspecified atom stereocenters. The number of rotatable bonds is 1. The Kier molecular flexibility index (Phi) is 5.60. The summed E-state index contributed by atoms with van der Waals surface area (Å²) in [5, 5.41) is 2.78. The highest BCUT2D eigenvalue weighted by atomic mass is 16.2. The fourth-order valence-electron chi connectivity index (χ4n) is 0.755. The molecule has 1 rings (SSSR count). The minimum absolute atomic E-state index is 0.000463. The van der Waals surface area contributed by atoms with Gasteiger partial charge in [0.25, 0.3) is 0 Å². The molecule has 0 fully saturated rings. The third-order valence-electron chi connectivity index (χ3n) is 1.60. The lowest BCUT2D eigenvalue weighted by Gasteiger charge is -2.17. The Balaban J connectivity index is 0.000000921. The van der Waals surface area contributed by atoms with E-state index >= 15 is 0 Å². The summed E-state index contributed by atoms with van der Waals surface area (Å²) in [5.41, 5.74) is 0.373. The zero-order chi connectivity index (χ0) is 11.9. The van der Waals surface area contributed by atoms with Crippen molar-refractivity contribution in [1.29, 1.82) is 0 Å². The number of nitrogens with one attached hydrogen (secondary N) is 1. The first-order valence-corrected chi connectivity index (χ1v) is 5.21. The van der Waals surface area contributed by atoms with E-state index in [9.17, 15) is 4.79 Å². The van der Waals surface area contributed by atoms with Gasteiger partial charge in [-0.15, -0.1) is 0 Å². The first-order chi connectivity index (χ1) is 7.00. The quantitative estimate of drug-likeness (QED) is 0.770. The van der Waals surface area contributed by atoms with E-state index in [1.54, 1.807) is 18.5 Å². The zero-order valence-electron chi connectivity index (χ0n) is 10.2. The van der Waals surface area contributed by atoms with Crippen LogP contribution in [0.5, 0.6) is 0 Å². The number of nitrogens with zero attached hydrogens (tertiary/aromatic N) is 1. The molecule has 3 heteroatoms. The lowest BCUT2D eigenvalue weighted by Crippen LogP contribution is -2.27. The van der Waals surface area contributed by atoms with Gasteiger partial charge in [0.05, 0.1) is 11.9 Å². The Morgan fingerprint density at radius 2 is 1.93 bits per heavy atom. The zero-order valence-corrected chi connectivity index (χ0v) is 10.2. The van der Waals surface area contributed by atoms with Crippen LogP contribution in [0.4, 0.5) is 5.69 Å². The number of anilines is 1. The monoisotopic (exact) mass is 208 g/mol. The van der Waals surface area contributed by atoms with E-state index in [0.29, 0.717) is 0 Å². The van der Waals surface area contributed by atoms with Gasteiger partial charge in [-0.2, -0.15) is 0 Å². The topological polar surface area (TPSA) is 42.0 Å². The Labute approximate surface area is 91.9 Å². The first kappa shape index (κ1) is 13.6. The average molecular weight is 208 g/mol. The predicted octanol–water partition coefficient (Wildman–Crippen LogP) is 3.09. The Bertz CT molecular complexity index is 288. The van der Waals surface area contributed by atoms with Crippen LogP contribution in [0, 0.1) is 5.41 Å². The lowest BCUT2D eigenvalue weighted by molar-refractivity contribution is -0.123. The first-order valence-electron chi connectivity index (χ1n) is 5.21. The molecule has 1 heterocycles. The fourth-order valence-corrected chi connectivity index (χ4v) is 0.755. The highest BCUT2D eigenvalue weighted by molar-refractivity contribution is 5.94. The van der Waals surface area contributed by atoms with Gasteiger partial charge in [0, 0.05) is 11.6 Å². The second-order valence-electron chi connectivity index (χ2n) is 3.95. The van der Waals surface area contributed by atoms with Crippen LogP contribution in [0.2, 0.25) is 0 Å². The van der Waals surface area contributed by atoms with Crippen molar-refractivity contribution < 1.29 is 4.79 Å². The highest BCUT2D eigenvalue weighted by Crippen LogP contribution is 2.16. The van der Waals surface area contributed by atoms with Gasteiger partial charge in [0.15, 0.2) is 0 Å². The standard InChI is InChI=1S/C10H14N2O.C2H6/c1-10(2,3)9(13)12-8-5-4-6-11-7-8;1-2/h4-7H,1-3H3,(H,12,13);1-2H3. The maximum Gasteiger partial charge on any atom is 0.229 e. The lowest BCUT2D eigenvalue weighted by atomic mass is 9.96. The number of pyridine rings is 1. The molecule has 0 aliphatic carbocycles. The van der Waals surface area contributed by atoms with E-state index in [-0.39, 0.29) is 11.3 Å². The maximum atomic E-state index is 11.5. The Morgan fingerprint density at radius 3 is 2.33 bits per heavy atom. The maximum absolute atomic E-state index is 11.5. The second-order valence-corrected chi connectivity index (χ2v) is 3.95. The summed E-state index contributed by atoms with van der Waals surface area (Å²) in [5.74, 6) is 0.000463. The molecule has 1 amide bonds. The van der Waals surface area contributed by atoms with Gasteiger partial charge in [-0.1, -0.05) is 34.6 Å². The molecule has 15 heavy (non-hydrogen) atoms. The number of carbonyl (C=O) groups excluding carboxylic acids is 1. The number of hydrogen-bond acceptors (Lipinski definition) is 2. The van der Waals surface area contributed by atoms with Crippen molar-refractivity contribution in [2.75, 3.05) is 5.32 Å². The molecule has 0 bridgehead atoms. The van der Waals surface area contributed by atoms with Gasteiger partial charge in [0.1, 0.15) is 0 Å². The van der Waals surface area contributed by atoms with Crippen LogP contribution in [-0.4, -0.2) is 10.9 Å². The van der Waals surface area contributed by atoms with E-state index in [1.807, 2.05) is 40.7 Å². The minimum Gasteiger partial charge on any atom is -0.324 e. The van der Waals surface area contributed by atoms with E-state index in [1.165, 1.54) is 0 Å². The van der Waals surface area contributed by atoms with Gasteiger partial charge < -0.3 is 5.32 Å².